The van der Waals surface area contributed by atoms with Gasteiger partial charge in [-0.2, -0.15) is 5.10 Å². The van der Waals surface area contributed by atoms with Crippen LogP contribution in [-0.2, 0) is 12.8 Å². The number of nitrogens with zero attached hydrogens (tertiary/aromatic N) is 3. The third-order valence-electron chi connectivity index (χ3n) is 6.64. The number of fused-ring (bicyclic) bond motifs is 2. The molecule has 1 aliphatic heterocycles. The van der Waals surface area contributed by atoms with Gasteiger partial charge >= 0.3 is 0 Å². The molecule has 0 spiro atoms. The number of benzene rings is 1. The highest BCUT2D eigenvalue weighted by Crippen LogP contribution is 2.37. The molecule has 1 aromatic carbocycles. The van der Waals surface area contributed by atoms with Crippen LogP contribution >= 0.6 is 0 Å². The van der Waals surface area contributed by atoms with Gasteiger partial charge in [0.1, 0.15) is 0 Å². The van der Waals surface area contributed by atoms with Crippen LogP contribution in [0.1, 0.15) is 66.7 Å². The van der Waals surface area contributed by atoms with E-state index in [0.29, 0.717) is 12.0 Å². The van der Waals surface area contributed by atoms with Crippen LogP contribution in [0, 0.1) is 5.92 Å². The maximum Gasteiger partial charge on any atom is 0.274 e. The number of piperidine rings is 1. The monoisotopic (exact) mass is 349 g/mol. The van der Waals surface area contributed by atoms with E-state index in [0.717, 1.165) is 43.6 Å². The second-order valence-corrected chi connectivity index (χ2v) is 8.13. The summed E-state index contributed by atoms with van der Waals surface area (Å²) >= 11 is 0. The summed E-state index contributed by atoms with van der Waals surface area (Å²) in [6.07, 6.45) is 10.7. The Kier molecular flexibility index (Phi) is 4.07. The van der Waals surface area contributed by atoms with Gasteiger partial charge in [0.25, 0.3) is 5.91 Å². The number of carbonyl (C=O) groups excluding carboxylic acids is 1. The maximum atomic E-state index is 13.5. The van der Waals surface area contributed by atoms with E-state index in [4.69, 9.17) is 5.10 Å². The molecule has 0 bridgehead atoms. The number of carbonyl (C=O) groups is 1. The van der Waals surface area contributed by atoms with Gasteiger partial charge in [-0.3, -0.25) is 4.79 Å². The minimum Gasteiger partial charge on any atom is -0.334 e. The Bertz CT molecular complexity index is 808. The first-order chi connectivity index (χ1) is 12.8. The normalized spacial score (nSPS) is 25.0. The molecule has 2 unspecified atom stereocenters. The van der Waals surface area contributed by atoms with Crippen LogP contribution in [0.25, 0.3) is 5.69 Å². The zero-order valence-corrected chi connectivity index (χ0v) is 15.4. The molecule has 0 radical (unpaired) electrons. The third kappa shape index (κ3) is 2.58. The first-order valence-corrected chi connectivity index (χ1v) is 10.3. The van der Waals surface area contributed by atoms with Crippen LogP contribution in [-0.4, -0.2) is 33.2 Å². The number of likely N-dealkylation sites (tertiary alicyclic amines) is 1. The molecular weight excluding hydrogens is 322 g/mol. The zero-order valence-electron chi connectivity index (χ0n) is 15.4. The first-order valence-electron chi connectivity index (χ1n) is 10.3. The van der Waals surface area contributed by atoms with Crippen molar-refractivity contribution in [2.45, 2.75) is 63.8 Å². The van der Waals surface area contributed by atoms with E-state index in [1.807, 2.05) is 22.9 Å². The predicted molar refractivity (Wildman–Crippen MR) is 102 cm³/mol. The number of aromatic nitrogens is 2. The number of hydrogen-bond donors (Lipinski definition) is 0. The van der Waals surface area contributed by atoms with Gasteiger partial charge in [0.15, 0.2) is 5.69 Å². The summed E-state index contributed by atoms with van der Waals surface area (Å²) in [4.78, 5) is 15.7. The Hall–Kier alpha value is -2.10. The third-order valence-corrected chi connectivity index (χ3v) is 6.64. The van der Waals surface area contributed by atoms with Crippen LogP contribution in [0.15, 0.2) is 30.3 Å². The molecule has 1 aromatic heterocycles. The van der Waals surface area contributed by atoms with E-state index in [1.165, 1.54) is 43.4 Å². The molecule has 1 saturated heterocycles. The maximum absolute atomic E-state index is 13.5. The van der Waals surface area contributed by atoms with Gasteiger partial charge in [-0.1, -0.05) is 31.0 Å². The summed E-state index contributed by atoms with van der Waals surface area (Å²) < 4.78 is 2.03. The average Bonchev–Trinajstić information content (AvgIpc) is 3.30. The predicted octanol–water partition coefficient (Wildman–Crippen LogP) is 4.16. The highest BCUT2D eigenvalue weighted by molar-refractivity contribution is 5.94. The van der Waals surface area contributed by atoms with Crippen LogP contribution in [0.2, 0.25) is 0 Å². The molecule has 2 heterocycles. The van der Waals surface area contributed by atoms with Crippen molar-refractivity contribution in [1.82, 2.24) is 14.7 Å². The highest BCUT2D eigenvalue weighted by Gasteiger charge is 2.38. The largest absolute Gasteiger partial charge is 0.334 e. The molecular formula is C22H27N3O. The lowest BCUT2D eigenvalue weighted by molar-refractivity contribution is 0.0384. The Morgan fingerprint density at radius 1 is 0.962 bits per heavy atom. The Labute approximate surface area is 155 Å². The van der Waals surface area contributed by atoms with Crippen molar-refractivity contribution < 1.29 is 4.79 Å². The molecule has 2 fully saturated rings. The Balaban J connectivity index is 1.51. The van der Waals surface area contributed by atoms with Crippen molar-refractivity contribution in [3.8, 4) is 5.69 Å². The van der Waals surface area contributed by atoms with Crippen LogP contribution < -0.4 is 0 Å². The van der Waals surface area contributed by atoms with Crippen molar-refractivity contribution >= 4 is 5.91 Å². The van der Waals surface area contributed by atoms with Crippen LogP contribution in [0.3, 0.4) is 0 Å². The molecule has 4 nitrogen and oxygen atoms in total. The van der Waals surface area contributed by atoms with E-state index in [-0.39, 0.29) is 5.91 Å². The molecule has 26 heavy (non-hydrogen) atoms. The lowest BCUT2D eigenvalue weighted by Gasteiger charge is -2.44. The van der Waals surface area contributed by atoms with Gasteiger partial charge in [-0.15, -0.1) is 0 Å². The minimum atomic E-state index is 0.189. The van der Waals surface area contributed by atoms with E-state index < -0.39 is 0 Å². The van der Waals surface area contributed by atoms with Crippen molar-refractivity contribution in [3.05, 3.63) is 47.3 Å². The second-order valence-electron chi connectivity index (χ2n) is 8.13. The smallest absolute Gasteiger partial charge is 0.274 e. The number of rotatable bonds is 2. The van der Waals surface area contributed by atoms with Crippen molar-refractivity contribution in [2.75, 3.05) is 6.54 Å². The molecule has 2 aromatic rings. The molecule has 1 saturated carbocycles. The standard InChI is InChI=1S/C22H27N3O/c26-22(24-15-7-9-16-8-4-5-13-19(16)24)21-18-12-6-14-20(18)25(23-21)17-10-2-1-3-11-17/h1-3,10-11,16,19H,4-9,12-15H2. The summed E-state index contributed by atoms with van der Waals surface area (Å²) in [5.74, 6) is 0.903. The van der Waals surface area contributed by atoms with Gasteiger partial charge in [-0.25, -0.2) is 4.68 Å². The summed E-state index contributed by atoms with van der Waals surface area (Å²) in [5, 5.41) is 4.84. The molecule has 5 rings (SSSR count). The lowest BCUT2D eigenvalue weighted by Crippen LogP contribution is -2.49. The topological polar surface area (TPSA) is 38.1 Å². The fraction of sp³-hybridized carbons (Fsp3) is 0.545. The van der Waals surface area contributed by atoms with E-state index in [9.17, 15) is 4.79 Å². The molecule has 4 heteroatoms. The van der Waals surface area contributed by atoms with Gasteiger partial charge < -0.3 is 4.90 Å². The fourth-order valence-electron chi connectivity index (χ4n) is 5.40. The fourth-order valence-corrected chi connectivity index (χ4v) is 5.40. The molecule has 2 aliphatic carbocycles. The average molecular weight is 349 g/mol. The Morgan fingerprint density at radius 3 is 2.65 bits per heavy atom. The summed E-state index contributed by atoms with van der Waals surface area (Å²) in [5.41, 5.74) is 4.25. The highest BCUT2D eigenvalue weighted by atomic mass is 16.2. The van der Waals surface area contributed by atoms with E-state index >= 15 is 0 Å². The lowest BCUT2D eigenvalue weighted by atomic mass is 9.78. The van der Waals surface area contributed by atoms with Crippen LogP contribution in [0.4, 0.5) is 0 Å². The molecule has 1 amide bonds. The van der Waals surface area contributed by atoms with Crippen LogP contribution in [0.5, 0.6) is 0 Å². The van der Waals surface area contributed by atoms with Gasteiger partial charge in [0.05, 0.1) is 5.69 Å². The summed E-state index contributed by atoms with van der Waals surface area (Å²) in [6, 6.07) is 10.7. The molecule has 3 aliphatic rings. The molecule has 136 valence electrons. The molecule has 2 atom stereocenters. The van der Waals surface area contributed by atoms with Gasteiger partial charge in [-0.05, 0) is 63.0 Å². The van der Waals surface area contributed by atoms with Crippen molar-refractivity contribution in [3.63, 3.8) is 0 Å². The minimum absolute atomic E-state index is 0.189. The number of amides is 1. The Morgan fingerprint density at radius 2 is 1.77 bits per heavy atom. The summed E-state index contributed by atoms with van der Waals surface area (Å²) in [7, 11) is 0. The number of hydrogen-bond acceptors (Lipinski definition) is 2. The second kappa shape index (κ2) is 6.57. The zero-order chi connectivity index (χ0) is 17.5. The first kappa shape index (κ1) is 16.1. The van der Waals surface area contributed by atoms with Crippen molar-refractivity contribution in [2.24, 2.45) is 5.92 Å². The van der Waals surface area contributed by atoms with Gasteiger partial charge in [0.2, 0.25) is 0 Å². The SMILES string of the molecule is O=C(c1nn(-c2ccccc2)c2c1CCC2)N1CCCC2CCCCC21. The quantitative estimate of drug-likeness (QED) is 0.817. The van der Waals surface area contributed by atoms with Gasteiger partial charge in [0, 0.05) is 23.8 Å². The summed E-state index contributed by atoms with van der Waals surface area (Å²) in [6.45, 7) is 0.910. The number of para-hydroxylation sites is 1. The molecule has 0 N–H and O–H groups in total. The van der Waals surface area contributed by atoms with E-state index in [1.54, 1.807) is 0 Å². The van der Waals surface area contributed by atoms with E-state index in [2.05, 4.69) is 17.0 Å². The van der Waals surface area contributed by atoms with Crippen molar-refractivity contribution in [1.29, 1.82) is 0 Å².